The van der Waals surface area contributed by atoms with Crippen LogP contribution in [0.5, 0.6) is 5.75 Å². The highest BCUT2D eigenvalue weighted by Crippen LogP contribution is 2.42. The molecule has 0 spiro atoms. The van der Waals surface area contributed by atoms with Crippen LogP contribution >= 0.6 is 0 Å². The van der Waals surface area contributed by atoms with Crippen LogP contribution in [0.4, 0.5) is 0 Å². The highest BCUT2D eigenvalue weighted by Gasteiger charge is 2.33. The Labute approximate surface area is 195 Å². The van der Waals surface area contributed by atoms with Crippen molar-refractivity contribution in [1.29, 1.82) is 0 Å². The number of ether oxygens (including phenoxy) is 1. The van der Waals surface area contributed by atoms with Gasteiger partial charge in [0.15, 0.2) is 0 Å². The smallest absolute Gasteiger partial charge is 0.144 e. The van der Waals surface area contributed by atoms with Crippen LogP contribution in [0.15, 0.2) is 73.3 Å². The Kier molecular flexibility index (Phi) is 5.56. The second kappa shape index (κ2) is 8.99. The normalized spacial score (nSPS) is 20.7. The number of aromatic nitrogens is 3. The first-order valence-electron chi connectivity index (χ1n) is 12.1. The van der Waals surface area contributed by atoms with Crippen molar-refractivity contribution in [3.63, 3.8) is 0 Å². The van der Waals surface area contributed by atoms with Crippen LogP contribution in [0.3, 0.4) is 0 Å². The predicted molar refractivity (Wildman–Crippen MR) is 131 cm³/mol. The molecule has 0 unspecified atom stereocenters. The molecule has 0 bridgehead atoms. The maximum Gasteiger partial charge on any atom is 0.144 e. The molecule has 2 fully saturated rings. The lowest BCUT2D eigenvalue weighted by atomic mass is 9.79. The van der Waals surface area contributed by atoms with Gasteiger partial charge in [0.1, 0.15) is 24.3 Å². The molecule has 4 aromatic rings. The van der Waals surface area contributed by atoms with Crippen molar-refractivity contribution >= 4 is 11.0 Å². The molecule has 2 aromatic heterocycles. The summed E-state index contributed by atoms with van der Waals surface area (Å²) in [5, 5.41) is 1.11. The lowest BCUT2D eigenvalue weighted by Gasteiger charge is -2.38. The number of benzene rings is 2. The van der Waals surface area contributed by atoms with Crippen LogP contribution in [0.25, 0.3) is 22.2 Å². The van der Waals surface area contributed by atoms with E-state index in [2.05, 4.69) is 56.0 Å². The molecule has 1 aliphatic carbocycles. The minimum atomic E-state index is 0.529. The number of likely N-dealkylation sites (tertiary alicyclic amines) is 1. The lowest BCUT2D eigenvalue weighted by molar-refractivity contribution is 0.145. The first-order valence-corrected chi connectivity index (χ1v) is 12.1. The van der Waals surface area contributed by atoms with Gasteiger partial charge in [-0.1, -0.05) is 42.5 Å². The van der Waals surface area contributed by atoms with Gasteiger partial charge in [-0.3, -0.25) is 0 Å². The van der Waals surface area contributed by atoms with Gasteiger partial charge in [0.05, 0.1) is 0 Å². The third-order valence-electron chi connectivity index (χ3n) is 7.21. The molecule has 0 atom stereocenters. The first-order chi connectivity index (χ1) is 16.3. The number of hydrogen-bond acceptors (Lipinski definition) is 4. The van der Waals surface area contributed by atoms with Crippen molar-refractivity contribution in [2.75, 3.05) is 19.6 Å². The highest BCUT2D eigenvalue weighted by molar-refractivity contribution is 5.93. The van der Waals surface area contributed by atoms with Gasteiger partial charge < -0.3 is 14.2 Å². The molecule has 0 radical (unpaired) electrons. The summed E-state index contributed by atoms with van der Waals surface area (Å²) in [6.45, 7) is 4.40. The molecule has 33 heavy (non-hydrogen) atoms. The quantitative estimate of drug-likeness (QED) is 0.370. The Morgan fingerprint density at radius 1 is 0.970 bits per heavy atom. The summed E-state index contributed by atoms with van der Waals surface area (Å²) in [6, 6.07) is 19.2. The molecule has 168 valence electrons. The predicted octanol–water partition coefficient (Wildman–Crippen LogP) is 5.72. The largest absolute Gasteiger partial charge is 0.489 e. The highest BCUT2D eigenvalue weighted by atomic mass is 16.5. The zero-order valence-electron chi connectivity index (χ0n) is 18.9. The number of hydrogen-bond donors (Lipinski definition) is 0. The topological polar surface area (TPSA) is 43.2 Å². The van der Waals surface area contributed by atoms with Crippen molar-refractivity contribution < 1.29 is 4.74 Å². The summed E-state index contributed by atoms with van der Waals surface area (Å²) in [5.74, 6) is 1.69. The fraction of sp³-hybridized carbons (Fsp3) is 0.357. The molecule has 1 saturated heterocycles. The maximum absolute atomic E-state index is 6.09. The van der Waals surface area contributed by atoms with E-state index in [1.165, 1.54) is 56.4 Å². The molecule has 3 heterocycles. The van der Waals surface area contributed by atoms with Crippen LogP contribution in [0, 0.1) is 5.92 Å². The minimum Gasteiger partial charge on any atom is -0.489 e. The Morgan fingerprint density at radius 2 is 1.82 bits per heavy atom. The fourth-order valence-corrected chi connectivity index (χ4v) is 5.40. The van der Waals surface area contributed by atoms with E-state index in [4.69, 9.17) is 4.74 Å². The SMILES string of the molecule is c1ccc(COc2cccc(-c3cn([C@H]4C[C@@H](CN5CCCC5)C4)c4ncncc34)c2)cc1. The van der Waals surface area contributed by atoms with E-state index in [1.54, 1.807) is 6.33 Å². The summed E-state index contributed by atoms with van der Waals surface area (Å²) in [5.41, 5.74) is 4.53. The maximum atomic E-state index is 6.09. The van der Waals surface area contributed by atoms with Gasteiger partial charge in [0, 0.05) is 35.9 Å². The zero-order valence-corrected chi connectivity index (χ0v) is 18.9. The average Bonchev–Trinajstić information content (AvgIpc) is 3.49. The summed E-state index contributed by atoms with van der Waals surface area (Å²) in [6.07, 6.45) is 11.1. The van der Waals surface area contributed by atoms with Crippen molar-refractivity contribution in [3.05, 3.63) is 78.9 Å². The third kappa shape index (κ3) is 4.25. The van der Waals surface area contributed by atoms with E-state index >= 15 is 0 Å². The van der Waals surface area contributed by atoms with Crippen LogP contribution in [0.1, 0.15) is 37.3 Å². The van der Waals surface area contributed by atoms with Crippen LogP contribution in [0.2, 0.25) is 0 Å². The number of fused-ring (bicyclic) bond motifs is 1. The lowest BCUT2D eigenvalue weighted by Crippen LogP contribution is -2.35. The Balaban J connectivity index is 1.22. The van der Waals surface area contributed by atoms with E-state index in [9.17, 15) is 0 Å². The second-order valence-electron chi connectivity index (χ2n) is 9.51. The van der Waals surface area contributed by atoms with Gasteiger partial charge in [-0.05, 0) is 68.0 Å². The molecule has 0 N–H and O–H groups in total. The van der Waals surface area contributed by atoms with Crippen LogP contribution < -0.4 is 4.74 Å². The van der Waals surface area contributed by atoms with Gasteiger partial charge in [0.2, 0.25) is 0 Å². The number of rotatable bonds is 7. The zero-order chi connectivity index (χ0) is 22.0. The Hall–Kier alpha value is -3.18. The van der Waals surface area contributed by atoms with Gasteiger partial charge in [-0.2, -0.15) is 0 Å². The van der Waals surface area contributed by atoms with Crippen LogP contribution in [-0.4, -0.2) is 39.1 Å². The van der Waals surface area contributed by atoms with Crippen molar-refractivity contribution in [3.8, 4) is 16.9 Å². The summed E-state index contributed by atoms with van der Waals surface area (Å²) < 4.78 is 8.48. The molecule has 2 aromatic carbocycles. The van der Waals surface area contributed by atoms with Gasteiger partial charge >= 0.3 is 0 Å². The first kappa shape index (κ1) is 20.4. The van der Waals surface area contributed by atoms with E-state index in [-0.39, 0.29) is 0 Å². The Bertz CT molecular complexity index is 1220. The van der Waals surface area contributed by atoms with Gasteiger partial charge in [0.25, 0.3) is 0 Å². The number of nitrogens with zero attached hydrogens (tertiary/aromatic N) is 4. The minimum absolute atomic E-state index is 0.529. The average molecular weight is 439 g/mol. The van der Waals surface area contributed by atoms with Gasteiger partial charge in [-0.25, -0.2) is 9.97 Å². The summed E-state index contributed by atoms with van der Waals surface area (Å²) >= 11 is 0. The Morgan fingerprint density at radius 3 is 2.67 bits per heavy atom. The summed E-state index contributed by atoms with van der Waals surface area (Å²) in [4.78, 5) is 11.6. The molecular weight excluding hydrogens is 408 g/mol. The van der Waals surface area contributed by atoms with E-state index in [0.29, 0.717) is 12.6 Å². The van der Waals surface area contributed by atoms with Crippen LogP contribution in [-0.2, 0) is 6.61 Å². The second-order valence-corrected chi connectivity index (χ2v) is 9.51. The molecule has 0 amide bonds. The van der Waals surface area contributed by atoms with Crippen molar-refractivity contribution in [1.82, 2.24) is 19.4 Å². The van der Waals surface area contributed by atoms with E-state index < -0.39 is 0 Å². The third-order valence-corrected chi connectivity index (χ3v) is 7.21. The fourth-order valence-electron chi connectivity index (χ4n) is 5.40. The molecule has 6 rings (SSSR count). The van der Waals surface area contributed by atoms with Gasteiger partial charge in [-0.15, -0.1) is 0 Å². The van der Waals surface area contributed by atoms with Crippen molar-refractivity contribution in [2.24, 2.45) is 5.92 Å². The van der Waals surface area contributed by atoms with Crippen molar-refractivity contribution in [2.45, 2.75) is 38.3 Å². The molecule has 5 heteroatoms. The van der Waals surface area contributed by atoms with E-state index in [1.807, 2.05) is 30.5 Å². The standard InChI is InChI=1S/C28H30N4O/c1-2-7-21(8-3-1)19-33-25-10-6-9-23(15-25)27-18-32(28-26(27)16-29-20-30-28)24-13-22(14-24)17-31-11-4-5-12-31/h1-3,6-10,15-16,18,20,22,24H,4-5,11-14,17,19H2/t22-,24+. The monoisotopic (exact) mass is 438 g/mol. The van der Waals surface area contributed by atoms with E-state index in [0.717, 1.165) is 28.3 Å². The summed E-state index contributed by atoms with van der Waals surface area (Å²) in [7, 11) is 0. The molecule has 5 nitrogen and oxygen atoms in total. The molecule has 1 saturated carbocycles. The molecular formula is C28H30N4O. The molecule has 2 aliphatic rings. The molecule has 1 aliphatic heterocycles.